The number of aliphatic hydroxyl groups excluding tert-OH is 1. The van der Waals surface area contributed by atoms with Gasteiger partial charge in [-0.2, -0.15) is 0 Å². The van der Waals surface area contributed by atoms with Gasteiger partial charge >= 0.3 is 0 Å². The largest absolute Gasteiger partial charge is 0.392 e. The number of aldehydes is 1. The Morgan fingerprint density at radius 2 is 2.23 bits per heavy atom. The molecule has 0 aliphatic carbocycles. The monoisotopic (exact) mass is 182 g/mol. The van der Waals surface area contributed by atoms with Gasteiger partial charge in [0.25, 0.3) is 0 Å². The number of benzene rings is 1. The molecule has 0 atom stereocenters. The van der Waals surface area contributed by atoms with E-state index in [2.05, 4.69) is 0 Å². The number of halogens is 1. The summed E-state index contributed by atoms with van der Waals surface area (Å²) >= 11 is 0. The average molecular weight is 182 g/mol. The fourth-order valence-corrected chi connectivity index (χ4v) is 1.13. The maximum absolute atomic E-state index is 13.0. The molecule has 0 aliphatic heterocycles. The van der Waals surface area contributed by atoms with Gasteiger partial charge in [0, 0.05) is 6.42 Å². The zero-order valence-corrected chi connectivity index (χ0v) is 7.16. The third kappa shape index (κ3) is 2.63. The molecule has 1 aromatic rings. The molecule has 1 aromatic carbocycles. The van der Waals surface area contributed by atoms with Crippen molar-refractivity contribution in [2.75, 3.05) is 0 Å². The zero-order chi connectivity index (χ0) is 9.68. The molecule has 0 radical (unpaired) electrons. The highest BCUT2D eigenvalue weighted by molar-refractivity contribution is 5.50. The Morgan fingerprint density at radius 3 is 2.85 bits per heavy atom. The SMILES string of the molecule is O=CCCc1cc(CO)ccc1F. The highest BCUT2D eigenvalue weighted by atomic mass is 19.1. The van der Waals surface area contributed by atoms with Gasteiger partial charge in [0.15, 0.2) is 0 Å². The molecule has 0 fully saturated rings. The topological polar surface area (TPSA) is 37.3 Å². The Bertz CT molecular complexity index is 297. The van der Waals surface area contributed by atoms with Crippen LogP contribution >= 0.6 is 0 Å². The quantitative estimate of drug-likeness (QED) is 0.715. The van der Waals surface area contributed by atoms with Gasteiger partial charge in [-0.1, -0.05) is 12.1 Å². The summed E-state index contributed by atoms with van der Waals surface area (Å²) < 4.78 is 13.0. The van der Waals surface area contributed by atoms with E-state index in [1.807, 2.05) is 0 Å². The van der Waals surface area contributed by atoms with Crippen LogP contribution in [0, 0.1) is 5.82 Å². The molecule has 0 aliphatic rings. The molecule has 0 spiro atoms. The van der Waals surface area contributed by atoms with Crippen LogP contribution in [0.1, 0.15) is 17.5 Å². The predicted octanol–water partition coefficient (Wildman–Crippen LogP) is 1.45. The molecule has 0 unspecified atom stereocenters. The van der Waals surface area contributed by atoms with Gasteiger partial charge in [-0.3, -0.25) is 0 Å². The van der Waals surface area contributed by atoms with Crippen LogP contribution in [0.5, 0.6) is 0 Å². The van der Waals surface area contributed by atoms with Crippen molar-refractivity contribution < 1.29 is 14.3 Å². The first-order valence-electron chi connectivity index (χ1n) is 4.09. The van der Waals surface area contributed by atoms with Gasteiger partial charge in [0.2, 0.25) is 0 Å². The molecule has 0 heterocycles. The fraction of sp³-hybridized carbons (Fsp3) is 0.300. The van der Waals surface area contributed by atoms with Crippen LogP contribution in [0.2, 0.25) is 0 Å². The van der Waals surface area contributed by atoms with Crippen LogP contribution in [0.3, 0.4) is 0 Å². The molecular formula is C10H11FO2. The van der Waals surface area contributed by atoms with Crippen LogP contribution < -0.4 is 0 Å². The standard InChI is InChI=1S/C10H11FO2/c11-10-4-3-8(7-13)6-9(10)2-1-5-12/h3-6,13H,1-2,7H2. The van der Waals surface area contributed by atoms with E-state index in [-0.39, 0.29) is 12.4 Å². The summed E-state index contributed by atoms with van der Waals surface area (Å²) in [7, 11) is 0. The van der Waals surface area contributed by atoms with Crippen molar-refractivity contribution in [1.82, 2.24) is 0 Å². The number of aryl methyl sites for hydroxylation is 1. The second-order valence-corrected chi connectivity index (χ2v) is 2.79. The summed E-state index contributed by atoms with van der Waals surface area (Å²) in [5, 5.41) is 8.79. The van der Waals surface area contributed by atoms with Gasteiger partial charge in [-0.05, 0) is 23.6 Å². The Labute approximate surface area is 76.0 Å². The normalized spacial score (nSPS) is 10.0. The number of hydrogen-bond acceptors (Lipinski definition) is 2. The van der Waals surface area contributed by atoms with E-state index in [1.165, 1.54) is 12.1 Å². The lowest BCUT2D eigenvalue weighted by atomic mass is 10.1. The smallest absolute Gasteiger partial charge is 0.126 e. The van der Waals surface area contributed by atoms with E-state index < -0.39 is 0 Å². The van der Waals surface area contributed by atoms with Crippen molar-refractivity contribution in [3.63, 3.8) is 0 Å². The first-order valence-corrected chi connectivity index (χ1v) is 4.09. The molecule has 0 aromatic heterocycles. The van der Waals surface area contributed by atoms with E-state index >= 15 is 0 Å². The van der Waals surface area contributed by atoms with Crippen LogP contribution in [0.4, 0.5) is 4.39 Å². The Balaban J connectivity index is 2.83. The van der Waals surface area contributed by atoms with Gasteiger partial charge in [0.1, 0.15) is 12.1 Å². The van der Waals surface area contributed by atoms with E-state index in [0.29, 0.717) is 24.0 Å². The lowest BCUT2D eigenvalue weighted by Gasteiger charge is -2.02. The first-order chi connectivity index (χ1) is 6.27. The maximum Gasteiger partial charge on any atom is 0.126 e. The Morgan fingerprint density at radius 1 is 1.46 bits per heavy atom. The van der Waals surface area contributed by atoms with Gasteiger partial charge in [0.05, 0.1) is 6.61 Å². The van der Waals surface area contributed by atoms with Crippen LogP contribution in [0.15, 0.2) is 18.2 Å². The minimum absolute atomic E-state index is 0.103. The molecule has 3 heteroatoms. The molecule has 0 saturated carbocycles. The van der Waals surface area contributed by atoms with Crippen molar-refractivity contribution >= 4 is 6.29 Å². The Hall–Kier alpha value is -1.22. The molecule has 0 bridgehead atoms. The van der Waals surface area contributed by atoms with Gasteiger partial charge in [-0.25, -0.2) is 4.39 Å². The van der Waals surface area contributed by atoms with E-state index in [1.54, 1.807) is 6.07 Å². The van der Waals surface area contributed by atoms with Crippen molar-refractivity contribution in [2.24, 2.45) is 0 Å². The molecular weight excluding hydrogens is 171 g/mol. The molecule has 1 N–H and O–H groups in total. The Kier molecular flexibility index (Phi) is 3.58. The summed E-state index contributed by atoms with van der Waals surface area (Å²) in [6.45, 7) is -0.103. The second-order valence-electron chi connectivity index (χ2n) is 2.79. The highest BCUT2D eigenvalue weighted by Crippen LogP contribution is 2.12. The van der Waals surface area contributed by atoms with Crippen molar-refractivity contribution in [1.29, 1.82) is 0 Å². The lowest BCUT2D eigenvalue weighted by molar-refractivity contribution is -0.107. The summed E-state index contributed by atoms with van der Waals surface area (Å²) in [5.74, 6) is -0.320. The fourth-order valence-electron chi connectivity index (χ4n) is 1.13. The van der Waals surface area contributed by atoms with E-state index in [4.69, 9.17) is 5.11 Å². The number of carbonyl (C=O) groups excluding carboxylic acids is 1. The first kappa shape index (κ1) is 9.86. The van der Waals surface area contributed by atoms with E-state index in [9.17, 15) is 9.18 Å². The maximum atomic E-state index is 13.0. The predicted molar refractivity (Wildman–Crippen MR) is 46.7 cm³/mol. The van der Waals surface area contributed by atoms with Crippen LogP contribution in [0.25, 0.3) is 0 Å². The number of hydrogen-bond donors (Lipinski definition) is 1. The molecule has 70 valence electrons. The number of carbonyl (C=O) groups is 1. The number of rotatable bonds is 4. The lowest BCUT2D eigenvalue weighted by Crippen LogP contribution is -1.94. The second kappa shape index (κ2) is 4.72. The van der Waals surface area contributed by atoms with Crippen LogP contribution in [-0.4, -0.2) is 11.4 Å². The van der Waals surface area contributed by atoms with Crippen molar-refractivity contribution in [2.45, 2.75) is 19.4 Å². The summed E-state index contributed by atoms with van der Waals surface area (Å²) in [4.78, 5) is 10.1. The minimum atomic E-state index is -0.320. The average Bonchev–Trinajstić information content (AvgIpc) is 2.17. The molecule has 1 rings (SSSR count). The third-order valence-electron chi connectivity index (χ3n) is 1.82. The summed E-state index contributed by atoms with van der Waals surface area (Å²) in [6, 6.07) is 4.42. The van der Waals surface area contributed by atoms with Crippen LogP contribution in [-0.2, 0) is 17.8 Å². The van der Waals surface area contributed by atoms with Crippen molar-refractivity contribution in [3.05, 3.63) is 35.1 Å². The molecule has 13 heavy (non-hydrogen) atoms. The van der Waals surface area contributed by atoms with Crippen molar-refractivity contribution in [3.8, 4) is 0 Å². The van der Waals surface area contributed by atoms with Gasteiger partial charge in [-0.15, -0.1) is 0 Å². The highest BCUT2D eigenvalue weighted by Gasteiger charge is 2.02. The molecule has 0 amide bonds. The summed E-state index contributed by atoms with van der Waals surface area (Å²) in [5.41, 5.74) is 1.15. The minimum Gasteiger partial charge on any atom is -0.392 e. The molecule has 0 saturated heterocycles. The molecule has 2 nitrogen and oxygen atoms in total. The van der Waals surface area contributed by atoms with E-state index in [0.717, 1.165) is 6.29 Å². The zero-order valence-electron chi connectivity index (χ0n) is 7.16. The number of aliphatic hydroxyl groups is 1. The van der Waals surface area contributed by atoms with Gasteiger partial charge < -0.3 is 9.90 Å². The summed E-state index contributed by atoms with van der Waals surface area (Å²) in [6.07, 6.45) is 1.46. The third-order valence-corrected chi connectivity index (χ3v) is 1.82.